The molecule has 5 rings (SSSR count). The van der Waals surface area contributed by atoms with E-state index >= 15 is 0 Å². The molecule has 0 aliphatic carbocycles. The van der Waals surface area contributed by atoms with Crippen molar-refractivity contribution in [3.63, 3.8) is 0 Å². The molecule has 4 aromatic rings. The second-order valence-corrected chi connectivity index (χ2v) is 13.5. The highest BCUT2D eigenvalue weighted by molar-refractivity contribution is 7.92. The van der Waals surface area contributed by atoms with E-state index in [1.165, 1.54) is 42.1 Å². The lowest BCUT2D eigenvalue weighted by Crippen LogP contribution is -2.56. The number of anilines is 1. The highest BCUT2D eigenvalue weighted by atomic mass is 35.5. The minimum absolute atomic E-state index is 0.0180. The molecule has 0 saturated carbocycles. The number of morpholine rings is 1. The van der Waals surface area contributed by atoms with E-state index in [1.807, 2.05) is 19.9 Å². The first-order valence-electron chi connectivity index (χ1n) is 13.6. The molecule has 1 unspecified atom stereocenters. The van der Waals surface area contributed by atoms with Gasteiger partial charge in [0.25, 0.3) is 21.5 Å². The minimum atomic E-state index is -4.30. The summed E-state index contributed by atoms with van der Waals surface area (Å²) >= 11 is 6.47. The maximum atomic E-state index is 14.0. The van der Waals surface area contributed by atoms with Crippen molar-refractivity contribution in [3.8, 4) is 5.69 Å². The van der Waals surface area contributed by atoms with Gasteiger partial charge in [0.15, 0.2) is 0 Å². The lowest BCUT2D eigenvalue weighted by Gasteiger charge is -2.45. The molecule has 0 spiro atoms. The van der Waals surface area contributed by atoms with E-state index in [2.05, 4.69) is 0 Å². The predicted molar refractivity (Wildman–Crippen MR) is 163 cm³/mol. The van der Waals surface area contributed by atoms with Crippen LogP contribution in [-0.4, -0.2) is 54.3 Å². The zero-order valence-corrected chi connectivity index (χ0v) is 26.0. The van der Waals surface area contributed by atoms with Gasteiger partial charge in [-0.2, -0.15) is 0 Å². The van der Waals surface area contributed by atoms with Gasteiger partial charge in [0.05, 0.1) is 45.6 Å². The highest BCUT2D eigenvalue weighted by Gasteiger charge is 2.40. The third kappa shape index (κ3) is 5.48. The number of amides is 1. The van der Waals surface area contributed by atoms with Gasteiger partial charge in [-0.05, 0) is 68.8 Å². The number of para-hydroxylation sites is 1. The van der Waals surface area contributed by atoms with Gasteiger partial charge < -0.3 is 9.64 Å². The van der Waals surface area contributed by atoms with Gasteiger partial charge in [-0.25, -0.2) is 17.5 Å². The number of halogens is 2. The van der Waals surface area contributed by atoms with Crippen molar-refractivity contribution in [3.05, 3.63) is 111 Å². The first-order valence-corrected chi connectivity index (χ1v) is 15.4. The van der Waals surface area contributed by atoms with Crippen LogP contribution in [0.4, 0.5) is 10.1 Å². The molecule has 0 radical (unpaired) electrons. The Morgan fingerprint density at radius 3 is 2.44 bits per heavy atom. The van der Waals surface area contributed by atoms with Gasteiger partial charge in [0, 0.05) is 14.1 Å². The van der Waals surface area contributed by atoms with Gasteiger partial charge >= 0.3 is 0 Å². The van der Waals surface area contributed by atoms with Crippen molar-refractivity contribution in [1.29, 1.82) is 0 Å². The fourth-order valence-corrected chi connectivity index (χ4v) is 6.76. The summed E-state index contributed by atoms with van der Waals surface area (Å²) < 4.78 is 51.6. The Morgan fingerprint density at radius 2 is 1.77 bits per heavy atom. The van der Waals surface area contributed by atoms with Crippen LogP contribution in [-0.2, 0) is 21.8 Å². The van der Waals surface area contributed by atoms with Gasteiger partial charge in [-0.3, -0.25) is 18.6 Å². The number of hydrogen-bond acceptors (Lipinski definition) is 5. The van der Waals surface area contributed by atoms with Crippen molar-refractivity contribution in [2.45, 2.75) is 37.3 Å². The number of nitrogens with zero attached hydrogens (tertiary/aromatic N) is 4. The normalized spacial score (nSPS) is 16.7. The summed E-state index contributed by atoms with van der Waals surface area (Å²) in [6.45, 7) is 5.58. The quantitative estimate of drug-likeness (QED) is 0.297. The number of carbonyl (C=O) groups is 1. The molecule has 0 N–H and O–H groups in total. The SMILES string of the molecule is Cc1c(N(C)S(=O)(=O)c2ccc(Cl)c(C(=O)N3CC(c4cccc(F)c4)OCC3(C)C)c2)c(=O)n(-c2ccccc2)n1C. The molecule has 43 heavy (non-hydrogen) atoms. The summed E-state index contributed by atoms with van der Waals surface area (Å²) in [5.74, 6) is -0.917. The van der Waals surface area contributed by atoms with E-state index in [-0.39, 0.29) is 34.3 Å². The number of hydrogen-bond donors (Lipinski definition) is 0. The molecule has 9 nitrogen and oxygen atoms in total. The summed E-state index contributed by atoms with van der Waals surface area (Å²) in [5.41, 5.74) is 0.275. The molecule has 1 amide bonds. The smallest absolute Gasteiger partial charge is 0.296 e. The predicted octanol–water partition coefficient (Wildman–Crippen LogP) is 5.09. The second kappa shape index (κ2) is 11.3. The van der Waals surface area contributed by atoms with Crippen LogP contribution in [0, 0.1) is 12.7 Å². The molecule has 1 fully saturated rings. The maximum Gasteiger partial charge on any atom is 0.296 e. The molecule has 0 bridgehead atoms. The van der Waals surface area contributed by atoms with Crippen LogP contribution in [0.2, 0.25) is 5.02 Å². The van der Waals surface area contributed by atoms with Crippen LogP contribution in [0.25, 0.3) is 5.69 Å². The topological polar surface area (TPSA) is 93.9 Å². The van der Waals surface area contributed by atoms with Crippen LogP contribution in [0.3, 0.4) is 0 Å². The van der Waals surface area contributed by atoms with Crippen molar-refractivity contribution >= 4 is 33.2 Å². The molecular formula is C31H32ClFN4O5S. The lowest BCUT2D eigenvalue weighted by atomic mass is 9.96. The van der Waals surface area contributed by atoms with Gasteiger partial charge in [0.1, 0.15) is 17.6 Å². The van der Waals surface area contributed by atoms with Crippen molar-refractivity contribution in [1.82, 2.24) is 14.3 Å². The van der Waals surface area contributed by atoms with E-state index < -0.39 is 38.9 Å². The Hall–Kier alpha value is -3.93. The first kappa shape index (κ1) is 30.5. The molecule has 1 aliphatic heterocycles. The van der Waals surface area contributed by atoms with Gasteiger partial charge in [-0.15, -0.1) is 0 Å². The Balaban J connectivity index is 1.50. The standard InChI is InChI=1S/C31H32ClFN4O5S/c1-20-28(30(39)37(34(20)4)23-12-7-6-8-13-23)35(5)43(40,41)24-14-15-26(32)25(17-24)29(38)36-18-27(42-19-31(36,2)3)21-10-9-11-22(33)16-21/h6-17,27H,18-19H2,1-5H3. The molecule has 12 heteroatoms. The zero-order chi connectivity index (χ0) is 31.3. The van der Waals surface area contributed by atoms with E-state index in [1.54, 1.807) is 60.0 Å². The van der Waals surface area contributed by atoms with E-state index in [9.17, 15) is 22.4 Å². The number of rotatable bonds is 6. The fraction of sp³-hybridized carbons (Fsp3) is 0.290. The third-order valence-electron chi connectivity index (χ3n) is 7.85. The Bertz CT molecular complexity index is 1870. The second-order valence-electron chi connectivity index (χ2n) is 11.1. The largest absolute Gasteiger partial charge is 0.369 e. The van der Waals surface area contributed by atoms with Crippen molar-refractivity contribution < 1.29 is 22.3 Å². The van der Waals surface area contributed by atoms with Gasteiger partial charge in [-0.1, -0.05) is 41.9 Å². The number of carbonyl (C=O) groups excluding carboxylic acids is 1. The van der Waals surface area contributed by atoms with Crippen LogP contribution < -0.4 is 9.86 Å². The summed E-state index contributed by atoms with van der Waals surface area (Å²) in [7, 11) is -1.32. The molecule has 2 heterocycles. The minimum Gasteiger partial charge on any atom is -0.369 e. The Kier molecular flexibility index (Phi) is 8.02. The number of benzene rings is 3. The van der Waals surface area contributed by atoms with Crippen molar-refractivity contribution in [2.75, 3.05) is 24.5 Å². The number of ether oxygens (including phenoxy) is 1. The van der Waals surface area contributed by atoms with Crippen LogP contribution in [0.5, 0.6) is 0 Å². The molecule has 1 saturated heterocycles. The molecular weight excluding hydrogens is 595 g/mol. The third-order valence-corrected chi connectivity index (χ3v) is 9.93. The van der Waals surface area contributed by atoms with Gasteiger partial charge in [0.2, 0.25) is 0 Å². The average Bonchev–Trinajstić information content (AvgIpc) is 3.19. The molecule has 1 aromatic heterocycles. The lowest BCUT2D eigenvalue weighted by molar-refractivity contribution is -0.0847. The van der Waals surface area contributed by atoms with Crippen molar-refractivity contribution in [2.24, 2.45) is 7.05 Å². The van der Waals surface area contributed by atoms with Crippen LogP contribution in [0.15, 0.2) is 82.5 Å². The Morgan fingerprint density at radius 1 is 1.07 bits per heavy atom. The van der Waals surface area contributed by atoms with Crippen LogP contribution in [0.1, 0.15) is 41.6 Å². The summed E-state index contributed by atoms with van der Waals surface area (Å²) in [6.07, 6.45) is -0.586. The highest BCUT2D eigenvalue weighted by Crippen LogP contribution is 2.34. The molecule has 226 valence electrons. The Labute approximate surface area is 254 Å². The van der Waals surface area contributed by atoms with E-state index in [4.69, 9.17) is 16.3 Å². The van der Waals surface area contributed by atoms with E-state index in [0.717, 1.165) is 4.31 Å². The summed E-state index contributed by atoms with van der Waals surface area (Å²) in [6, 6.07) is 18.8. The number of aromatic nitrogens is 2. The zero-order valence-electron chi connectivity index (χ0n) is 24.4. The number of sulfonamides is 1. The molecule has 1 atom stereocenters. The van der Waals surface area contributed by atoms with Crippen LogP contribution >= 0.6 is 11.6 Å². The fourth-order valence-electron chi connectivity index (χ4n) is 5.28. The first-order chi connectivity index (χ1) is 20.2. The maximum absolute atomic E-state index is 14.0. The monoisotopic (exact) mass is 626 g/mol. The summed E-state index contributed by atoms with van der Waals surface area (Å²) in [5, 5.41) is 0.0681. The average molecular weight is 627 g/mol. The summed E-state index contributed by atoms with van der Waals surface area (Å²) in [4.78, 5) is 28.8. The van der Waals surface area contributed by atoms with E-state index in [0.29, 0.717) is 16.9 Å². The molecule has 3 aromatic carbocycles. The molecule has 1 aliphatic rings.